The molecule has 0 aliphatic heterocycles. The number of nitrogen functional groups attached to an aromatic ring is 1. The predicted molar refractivity (Wildman–Crippen MR) is 161 cm³/mol. The number of nitrogens with two attached hydrogens (primary N) is 1. The Bertz CT molecular complexity index is 1380. The molecule has 2 aromatic carbocycles. The zero-order valence-electron chi connectivity index (χ0n) is 22.1. The van der Waals surface area contributed by atoms with Crippen LogP contribution in [0, 0.1) is 11.3 Å². The highest BCUT2D eigenvalue weighted by Crippen LogP contribution is 2.34. The van der Waals surface area contributed by atoms with Crippen molar-refractivity contribution >= 4 is 29.8 Å². The second-order valence-electron chi connectivity index (χ2n) is 9.05. The fourth-order valence-corrected chi connectivity index (χ4v) is 4.50. The van der Waals surface area contributed by atoms with Crippen LogP contribution >= 0.6 is 24.0 Å². The van der Waals surface area contributed by atoms with Crippen molar-refractivity contribution in [1.82, 2.24) is 9.55 Å². The van der Waals surface area contributed by atoms with Gasteiger partial charge in [-0.2, -0.15) is 5.26 Å². The van der Waals surface area contributed by atoms with Crippen molar-refractivity contribution in [2.24, 2.45) is 0 Å². The average Bonchev–Trinajstić information content (AvgIpc) is 3.34. The molecular weight excluding hydrogens is 531 g/mol. The number of halogens is 2. The van der Waals surface area contributed by atoms with Gasteiger partial charge in [0.25, 0.3) is 0 Å². The van der Waals surface area contributed by atoms with E-state index < -0.39 is 0 Å². The Hall–Kier alpha value is -3.66. The minimum absolute atomic E-state index is 0. The first-order valence-corrected chi connectivity index (χ1v) is 13.4. The van der Waals surface area contributed by atoms with E-state index in [1.165, 1.54) is 12.8 Å². The molecule has 0 aliphatic rings. The zero-order chi connectivity index (χ0) is 26.7. The van der Waals surface area contributed by atoms with Crippen molar-refractivity contribution in [1.29, 1.82) is 5.26 Å². The summed E-state index contributed by atoms with van der Waals surface area (Å²) in [5, 5.41) is 9.39. The summed E-state index contributed by atoms with van der Waals surface area (Å²) in [6.07, 6.45) is 4.49. The lowest BCUT2D eigenvalue weighted by Crippen LogP contribution is -2.08. The van der Waals surface area contributed by atoms with Gasteiger partial charge in [-0.25, -0.2) is 4.98 Å². The van der Waals surface area contributed by atoms with Gasteiger partial charge < -0.3 is 19.8 Å². The Balaban J connectivity index is 0.00000420. The largest absolute Gasteiger partial charge is 0.494 e. The van der Waals surface area contributed by atoms with E-state index in [0.717, 1.165) is 47.0 Å². The van der Waals surface area contributed by atoms with Crippen LogP contribution < -0.4 is 15.2 Å². The minimum atomic E-state index is 0. The molecule has 0 saturated heterocycles. The summed E-state index contributed by atoms with van der Waals surface area (Å²) in [6, 6.07) is 26.1. The molecule has 4 aromatic rings. The lowest BCUT2D eigenvalue weighted by atomic mass is 10.1. The summed E-state index contributed by atoms with van der Waals surface area (Å²) in [7, 11) is 0. The second-order valence-corrected chi connectivity index (χ2v) is 9.45. The highest BCUT2D eigenvalue weighted by Gasteiger charge is 2.16. The van der Waals surface area contributed by atoms with Gasteiger partial charge in [-0.3, -0.25) is 0 Å². The minimum Gasteiger partial charge on any atom is -0.494 e. The van der Waals surface area contributed by atoms with Gasteiger partial charge in [0, 0.05) is 22.7 Å². The molecule has 0 fully saturated rings. The van der Waals surface area contributed by atoms with E-state index in [4.69, 9.17) is 32.1 Å². The maximum Gasteiger partial charge on any atom is 0.166 e. The molecule has 2 aromatic heterocycles. The molecule has 0 amide bonds. The highest BCUT2D eigenvalue weighted by molar-refractivity contribution is 6.33. The lowest BCUT2D eigenvalue weighted by molar-refractivity contribution is 0.306. The van der Waals surface area contributed by atoms with Crippen molar-refractivity contribution in [3.63, 3.8) is 0 Å². The van der Waals surface area contributed by atoms with Crippen LogP contribution in [0.4, 0.5) is 5.82 Å². The molecule has 0 bridgehead atoms. The number of hydrogen-bond acceptors (Lipinski definition) is 5. The predicted octanol–water partition coefficient (Wildman–Crippen LogP) is 8.17. The van der Waals surface area contributed by atoms with Gasteiger partial charge in [-0.1, -0.05) is 49.6 Å². The van der Waals surface area contributed by atoms with E-state index in [0.29, 0.717) is 42.6 Å². The van der Waals surface area contributed by atoms with Crippen molar-refractivity contribution < 1.29 is 9.47 Å². The summed E-state index contributed by atoms with van der Waals surface area (Å²) in [4.78, 5) is 4.62. The summed E-state index contributed by atoms with van der Waals surface area (Å²) >= 11 is 6.60. The highest BCUT2D eigenvalue weighted by atomic mass is 35.5. The monoisotopic (exact) mass is 564 g/mol. The molecule has 8 heteroatoms. The van der Waals surface area contributed by atoms with Crippen LogP contribution in [0.3, 0.4) is 0 Å². The standard InChI is InChI=1S/C31H33ClN4O2.ClH/c1-2-3-7-20-37-25-14-11-23(12-15-25)28-16-17-29(26-9-4-5-10-27(26)32)36(28)22-24-13-18-30(31(34)35-24)38-21-8-6-19-33;/h4-5,9-18H,2-3,6-8,20-22H2,1H3,(H2,34,35);1H. The topological polar surface area (TPSA) is 86.1 Å². The Morgan fingerprint density at radius 1 is 0.897 bits per heavy atom. The first-order chi connectivity index (χ1) is 18.6. The quantitative estimate of drug-likeness (QED) is 0.165. The normalized spacial score (nSPS) is 10.5. The van der Waals surface area contributed by atoms with Gasteiger partial charge in [0.05, 0.1) is 37.2 Å². The van der Waals surface area contributed by atoms with Gasteiger partial charge in [0.15, 0.2) is 11.6 Å². The zero-order valence-corrected chi connectivity index (χ0v) is 23.7. The Labute approximate surface area is 241 Å². The van der Waals surface area contributed by atoms with Crippen molar-refractivity contribution in [2.45, 2.75) is 45.6 Å². The molecule has 0 unspecified atom stereocenters. The van der Waals surface area contributed by atoms with Crippen LogP contribution in [0.2, 0.25) is 5.02 Å². The van der Waals surface area contributed by atoms with Crippen molar-refractivity contribution in [3.8, 4) is 40.1 Å². The molecule has 0 spiro atoms. The van der Waals surface area contributed by atoms with Crippen LogP contribution in [0.15, 0.2) is 72.8 Å². The van der Waals surface area contributed by atoms with Crippen LogP contribution in [0.25, 0.3) is 22.5 Å². The number of hydrogen-bond donors (Lipinski definition) is 1. The summed E-state index contributed by atoms with van der Waals surface area (Å²) in [5.41, 5.74) is 11.1. The maximum absolute atomic E-state index is 8.71. The third kappa shape index (κ3) is 7.92. The molecule has 0 radical (unpaired) electrons. The van der Waals surface area contributed by atoms with E-state index in [2.05, 4.69) is 46.8 Å². The number of pyridine rings is 1. The van der Waals surface area contributed by atoms with Crippen LogP contribution in [0.5, 0.6) is 11.5 Å². The molecule has 4 rings (SSSR count). The van der Waals surface area contributed by atoms with Crippen LogP contribution in [-0.4, -0.2) is 22.8 Å². The van der Waals surface area contributed by atoms with E-state index in [1.54, 1.807) is 0 Å². The first-order valence-electron chi connectivity index (χ1n) is 13.0. The number of rotatable bonds is 13. The van der Waals surface area contributed by atoms with Gasteiger partial charge in [-0.15, -0.1) is 12.4 Å². The maximum atomic E-state index is 8.71. The number of ether oxygens (including phenoxy) is 2. The lowest BCUT2D eigenvalue weighted by Gasteiger charge is -2.16. The summed E-state index contributed by atoms with van der Waals surface area (Å²) in [5.74, 6) is 1.73. The molecule has 39 heavy (non-hydrogen) atoms. The average molecular weight is 566 g/mol. The number of benzene rings is 2. The number of anilines is 1. The third-order valence-corrected chi connectivity index (χ3v) is 6.58. The number of aromatic nitrogens is 2. The van der Waals surface area contributed by atoms with Crippen molar-refractivity contribution in [3.05, 3.63) is 83.5 Å². The molecule has 0 saturated carbocycles. The van der Waals surface area contributed by atoms with E-state index in [-0.39, 0.29) is 12.4 Å². The summed E-state index contributed by atoms with van der Waals surface area (Å²) in [6.45, 7) is 3.84. The molecule has 0 aliphatic carbocycles. The summed E-state index contributed by atoms with van der Waals surface area (Å²) < 4.78 is 13.8. The smallest absolute Gasteiger partial charge is 0.166 e. The third-order valence-electron chi connectivity index (χ3n) is 6.25. The molecule has 6 nitrogen and oxygen atoms in total. The van der Waals surface area contributed by atoms with Gasteiger partial charge in [0.2, 0.25) is 0 Å². The Morgan fingerprint density at radius 2 is 1.64 bits per heavy atom. The number of nitrogens with zero attached hydrogens (tertiary/aromatic N) is 3. The second kappa shape index (κ2) is 15.1. The Morgan fingerprint density at radius 3 is 2.36 bits per heavy atom. The van der Waals surface area contributed by atoms with E-state index >= 15 is 0 Å². The molecule has 2 heterocycles. The van der Waals surface area contributed by atoms with Gasteiger partial charge >= 0.3 is 0 Å². The fraction of sp³-hybridized carbons (Fsp3) is 0.290. The molecular formula is C31H34Cl2N4O2. The fourth-order valence-electron chi connectivity index (χ4n) is 4.27. The van der Waals surface area contributed by atoms with Crippen LogP contribution in [-0.2, 0) is 6.54 Å². The number of unbranched alkanes of at least 4 members (excludes halogenated alkanes) is 3. The molecule has 2 N–H and O–H groups in total. The van der Waals surface area contributed by atoms with Crippen molar-refractivity contribution in [2.75, 3.05) is 18.9 Å². The van der Waals surface area contributed by atoms with Crippen LogP contribution in [0.1, 0.15) is 44.7 Å². The van der Waals surface area contributed by atoms with E-state index in [1.807, 2.05) is 48.5 Å². The van der Waals surface area contributed by atoms with E-state index in [9.17, 15) is 0 Å². The molecule has 204 valence electrons. The number of nitriles is 1. The van der Waals surface area contributed by atoms with Gasteiger partial charge in [-0.05, 0) is 73.0 Å². The molecule has 0 atom stereocenters. The van der Waals surface area contributed by atoms with Gasteiger partial charge in [0.1, 0.15) is 5.75 Å². The SMILES string of the molecule is CCCCCOc1ccc(-c2ccc(-c3ccccc3Cl)n2Cc2ccc(OCCCC#N)c(N)n2)cc1.Cl. The first kappa shape index (κ1) is 29.9. The Kier molecular flexibility index (Phi) is 11.5.